The van der Waals surface area contributed by atoms with E-state index in [-0.39, 0.29) is 30.6 Å². The third-order valence-corrected chi connectivity index (χ3v) is 3.63. The molecule has 0 unspecified atom stereocenters. The highest BCUT2D eigenvalue weighted by Crippen LogP contribution is 2.28. The quantitative estimate of drug-likeness (QED) is 0.495. The highest BCUT2D eigenvalue weighted by atomic mass is 16.5. The summed E-state index contributed by atoms with van der Waals surface area (Å²) in [6, 6.07) is 4.00. The van der Waals surface area contributed by atoms with E-state index in [1.54, 1.807) is 32.0 Å². The first-order chi connectivity index (χ1) is 11.8. The Kier molecular flexibility index (Phi) is 7.91. The number of carbonyl (C=O) groups excluding carboxylic acids is 2. The minimum absolute atomic E-state index is 0.0698. The Morgan fingerprint density at radius 1 is 1.20 bits per heavy atom. The second kappa shape index (κ2) is 9.66. The normalized spacial score (nSPS) is 11.7. The van der Waals surface area contributed by atoms with Gasteiger partial charge in [-0.3, -0.25) is 9.59 Å². The van der Waals surface area contributed by atoms with Crippen LogP contribution in [0.1, 0.15) is 44.0 Å². The topological polar surface area (TPSA) is 102 Å². The average molecular weight is 351 g/mol. The minimum atomic E-state index is -1.05. The molecule has 0 heterocycles. The van der Waals surface area contributed by atoms with E-state index in [1.807, 2.05) is 0 Å². The highest BCUT2D eigenvalue weighted by Gasteiger charge is 2.23. The second-order valence-electron chi connectivity index (χ2n) is 6.00. The lowest BCUT2D eigenvalue weighted by Gasteiger charge is -2.18. The lowest BCUT2D eigenvalue weighted by Crippen LogP contribution is -2.44. The molecule has 0 spiro atoms. The van der Waals surface area contributed by atoms with E-state index in [0.29, 0.717) is 23.5 Å². The molecular weight excluding hydrogens is 326 g/mol. The van der Waals surface area contributed by atoms with Gasteiger partial charge in [0, 0.05) is 12.0 Å². The van der Waals surface area contributed by atoms with E-state index in [1.165, 1.54) is 14.0 Å². The summed E-state index contributed by atoms with van der Waals surface area (Å²) in [7, 11) is 1.48. The van der Waals surface area contributed by atoms with Crippen LogP contribution in [-0.4, -0.2) is 42.5 Å². The van der Waals surface area contributed by atoms with Crippen molar-refractivity contribution in [1.29, 1.82) is 0 Å². The molecule has 0 saturated heterocycles. The van der Waals surface area contributed by atoms with Gasteiger partial charge in [0.15, 0.2) is 17.3 Å². The van der Waals surface area contributed by atoms with Gasteiger partial charge >= 0.3 is 5.97 Å². The smallest absolute Gasteiger partial charge is 0.326 e. The average Bonchev–Trinajstić information content (AvgIpc) is 2.55. The van der Waals surface area contributed by atoms with Crippen molar-refractivity contribution in [1.82, 2.24) is 5.32 Å². The first-order valence-corrected chi connectivity index (χ1v) is 8.10. The van der Waals surface area contributed by atoms with Crippen LogP contribution >= 0.6 is 0 Å². The molecule has 0 aliphatic carbocycles. The molecule has 7 heteroatoms. The Hall–Kier alpha value is -2.57. The number of nitrogens with one attached hydrogen (secondary N) is 1. The zero-order valence-electron chi connectivity index (χ0n) is 15.0. The van der Waals surface area contributed by atoms with E-state index < -0.39 is 12.0 Å². The number of methoxy groups -OCH3 is 1. The molecular formula is C18H25NO6. The van der Waals surface area contributed by atoms with Crippen molar-refractivity contribution in [2.45, 2.75) is 39.7 Å². The number of ether oxygens (including phenoxy) is 2. The first-order valence-electron chi connectivity index (χ1n) is 8.10. The molecule has 0 aromatic heterocycles. The predicted molar refractivity (Wildman–Crippen MR) is 92.1 cm³/mol. The lowest BCUT2D eigenvalue weighted by molar-refractivity contribution is -0.143. The summed E-state index contributed by atoms with van der Waals surface area (Å²) in [5, 5.41) is 11.6. The van der Waals surface area contributed by atoms with E-state index in [0.717, 1.165) is 0 Å². The van der Waals surface area contributed by atoms with E-state index >= 15 is 0 Å². The summed E-state index contributed by atoms with van der Waals surface area (Å²) < 4.78 is 10.8. The molecule has 0 fully saturated rings. The molecule has 25 heavy (non-hydrogen) atoms. The summed E-state index contributed by atoms with van der Waals surface area (Å²) in [4.78, 5) is 34.2. The first kappa shape index (κ1) is 20.5. The van der Waals surface area contributed by atoms with Crippen LogP contribution in [0.15, 0.2) is 18.2 Å². The summed E-state index contributed by atoms with van der Waals surface area (Å²) in [5.74, 6) is -0.707. The molecule has 138 valence electrons. The Morgan fingerprint density at radius 3 is 2.40 bits per heavy atom. The van der Waals surface area contributed by atoms with Crippen molar-refractivity contribution in [3.8, 4) is 11.5 Å². The fraction of sp³-hybridized carbons (Fsp3) is 0.500. The summed E-state index contributed by atoms with van der Waals surface area (Å²) in [6.07, 6.45) is 0.582. The number of Topliss-reactive ketones (excluding diaryl/α,β-unsaturated/α-hetero) is 1. The molecule has 1 atom stereocenters. The maximum absolute atomic E-state index is 11.8. The number of hydrogen-bond donors (Lipinski definition) is 2. The van der Waals surface area contributed by atoms with E-state index in [2.05, 4.69) is 5.32 Å². The largest absolute Gasteiger partial charge is 0.493 e. The summed E-state index contributed by atoms with van der Waals surface area (Å²) in [5.41, 5.74) is 0.525. The zero-order chi connectivity index (χ0) is 19.0. The van der Waals surface area contributed by atoms with Gasteiger partial charge in [-0.25, -0.2) is 4.79 Å². The SMILES string of the molecule is COc1cc(C(C)=O)ccc1OCCCC(=O)N[C@H](C(=O)O)C(C)C. The maximum atomic E-state index is 11.8. The number of ketones is 1. The Bertz CT molecular complexity index is 626. The third kappa shape index (κ3) is 6.45. The minimum Gasteiger partial charge on any atom is -0.493 e. The highest BCUT2D eigenvalue weighted by molar-refractivity contribution is 5.94. The van der Waals surface area contributed by atoms with Gasteiger partial charge in [0.25, 0.3) is 0 Å². The van der Waals surface area contributed by atoms with Crippen LogP contribution in [0.5, 0.6) is 11.5 Å². The molecule has 0 bridgehead atoms. The van der Waals surface area contributed by atoms with Gasteiger partial charge in [0.1, 0.15) is 6.04 Å². The van der Waals surface area contributed by atoms with Gasteiger partial charge in [-0.2, -0.15) is 0 Å². The number of aliphatic carboxylic acids is 1. The third-order valence-electron chi connectivity index (χ3n) is 3.63. The molecule has 1 rings (SSSR count). The van der Waals surface area contributed by atoms with Gasteiger partial charge in [0.05, 0.1) is 13.7 Å². The van der Waals surface area contributed by atoms with E-state index in [4.69, 9.17) is 14.6 Å². The molecule has 0 aliphatic heterocycles. The van der Waals surface area contributed by atoms with Gasteiger partial charge in [-0.15, -0.1) is 0 Å². The number of carboxylic acids is 1. The number of benzene rings is 1. The van der Waals surface area contributed by atoms with Crippen LogP contribution in [-0.2, 0) is 9.59 Å². The standard InChI is InChI=1S/C18H25NO6/c1-11(2)17(18(22)23)19-16(21)6-5-9-25-14-8-7-13(12(3)20)10-15(14)24-4/h7-8,10-11,17H,5-6,9H2,1-4H3,(H,19,21)(H,22,23)/t17-/m0/s1. The van der Waals surface area contributed by atoms with E-state index in [9.17, 15) is 14.4 Å². The molecule has 0 radical (unpaired) electrons. The van der Waals surface area contributed by atoms with Crippen molar-refractivity contribution >= 4 is 17.7 Å². The Labute approximate surface area is 147 Å². The number of rotatable bonds is 10. The lowest BCUT2D eigenvalue weighted by atomic mass is 10.0. The maximum Gasteiger partial charge on any atom is 0.326 e. The molecule has 0 aliphatic rings. The number of hydrogen-bond acceptors (Lipinski definition) is 5. The van der Waals surface area contributed by atoms with Crippen LogP contribution in [0.4, 0.5) is 0 Å². The number of carbonyl (C=O) groups is 3. The molecule has 0 saturated carbocycles. The molecule has 1 aromatic carbocycles. The van der Waals surface area contributed by atoms with Crippen LogP contribution in [0.3, 0.4) is 0 Å². The van der Waals surface area contributed by atoms with Gasteiger partial charge in [-0.1, -0.05) is 13.8 Å². The molecule has 7 nitrogen and oxygen atoms in total. The molecule has 1 aromatic rings. The van der Waals surface area contributed by atoms with Crippen LogP contribution in [0.25, 0.3) is 0 Å². The van der Waals surface area contributed by atoms with Gasteiger partial charge in [0.2, 0.25) is 5.91 Å². The number of carboxylic acid groups (broad SMARTS) is 1. The second-order valence-corrected chi connectivity index (χ2v) is 6.00. The molecule has 1 amide bonds. The van der Waals surface area contributed by atoms with Crippen LogP contribution < -0.4 is 14.8 Å². The van der Waals surface area contributed by atoms with Gasteiger partial charge < -0.3 is 19.9 Å². The fourth-order valence-electron chi connectivity index (χ4n) is 2.18. The van der Waals surface area contributed by atoms with Crippen LogP contribution in [0, 0.1) is 5.92 Å². The summed E-state index contributed by atoms with van der Waals surface area (Å²) >= 11 is 0. The van der Waals surface area contributed by atoms with Crippen molar-refractivity contribution in [2.75, 3.05) is 13.7 Å². The predicted octanol–water partition coefficient (Wildman–Crippen LogP) is 2.28. The monoisotopic (exact) mass is 351 g/mol. The molecule has 2 N–H and O–H groups in total. The van der Waals surface area contributed by atoms with Crippen molar-refractivity contribution in [3.63, 3.8) is 0 Å². The van der Waals surface area contributed by atoms with Crippen LogP contribution in [0.2, 0.25) is 0 Å². The van der Waals surface area contributed by atoms with Gasteiger partial charge in [-0.05, 0) is 37.5 Å². The van der Waals surface area contributed by atoms with Crippen molar-refractivity contribution < 1.29 is 29.0 Å². The number of amides is 1. The Balaban J connectivity index is 2.49. The van der Waals surface area contributed by atoms with Crippen molar-refractivity contribution in [3.05, 3.63) is 23.8 Å². The Morgan fingerprint density at radius 2 is 1.88 bits per heavy atom. The zero-order valence-corrected chi connectivity index (χ0v) is 15.0. The summed E-state index contributed by atoms with van der Waals surface area (Å²) in [6.45, 7) is 5.20. The van der Waals surface area contributed by atoms with Crippen molar-refractivity contribution in [2.24, 2.45) is 5.92 Å². The fourth-order valence-corrected chi connectivity index (χ4v) is 2.18.